The van der Waals surface area contributed by atoms with Gasteiger partial charge in [-0.15, -0.1) is 0 Å². The minimum absolute atomic E-state index is 0.116. The summed E-state index contributed by atoms with van der Waals surface area (Å²) < 4.78 is 42.2. The zero-order valence-electron chi connectivity index (χ0n) is 7.33. The van der Waals surface area contributed by atoms with E-state index in [1.165, 1.54) is 0 Å². The number of carbonyl (C=O) groups is 1. The van der Waals surface area contributed by atoms with Gasteiger partial charge in [0.25, 0.3) is 5.13 Å². The van der Waals surface area contributed by atoms with E-state index in [0.29, 0.717) is 0 Å². The molecule has 0 bridgehead atoms. The molecular weight excluding hydrogens is 288 g/mol. The molecule has 0 N–H and O–H groups in total. The molecule has 7 heteroatoms. The lowest BCUT2D eigenvalue weighted by Crippen LogP contribution is -2.34. The summed E-state index contributed by atoms with van der Waals surface area (Å²) in [6.07, 6.45) is -1.30. The Balaban J connectivity index is 4.06. The molecule has 0 fully saturated rings. The molecule has 0 spiro atoms. The molecule has 0 radical (unpaired) electrons. The first kappa shape index (κ1) is 14.0. The van der Waals surface area contributed by atoms with Gasteiger partial charge in [0.15, 0.2) is 0 Å². The van der Waals surface area contributed by atoms with E-state index in [4.69, 9.17) is 11.6 Å². The molecule has 0 aromatic carbocycles. The number of halogens is 5. The van der Waals surface area contributed by atoms with Crippen molar-refractivity contribution < 1.29 is 22.7 Å². The SMILES string of the molecule is CCOC(=O)CCC(F)(Cl)C(F)(F)Br. The largest absolute Gasteiger partial charge is 0.466 e. The average molecular weight is 297 g/mol. The highest BCUT2D eigenvalue weighted by Gasteiger charge is 2.51. The third kappa shape index (κ3) is 4.50. The van der Waals surface area contributed by atoms with Crippen LogP contribution in [0.5, 0.6) is 0 Å². The monoisotopic (exact) mass is 296 g/mol. The number of hydrogen-bond acceptors (Lipinski definition) is 2. The Bertz CT molecular complexity index is 206. The molecular formula is C7H9BrClF3O2. The van der Waals surface area contributed by atoms with Crippen LogP contribution in [0, 0.1) is 0 Å². The highest BCUT2D eigenvalue weighted by molar-refractivity contribution is 9.10. The molecule has 1 unspecified atom stereocenters. The van der Waals surface area contributed by atoms with Crippen LogP contribution >= 0.6 is 27.5 Å². The molecule has 0 aliphatic heterocycles. The molecule has 0 rings (SSSR count). The fourth-order valence-electron chi connectivity index (χ4n) is 0.634. The van der Waals surface area contributed by atoms with E-state index in [9.17, 15) is 18.0 Å². The van der Waals surface area contributed by atoms with E-state index in [1.54, 1.807) is 22.9 Å². The third-order valence-corrected chi connectivity index (χ3v) is 2.65. The van der Waals surface area contributed by atoms with Gasteiger partial charge in [0, 0.05) is 6.42 Å². The lowest BCUT2D eigenvalue weighted by molar-refractivity contribution is -0.144. The molecule has 0 aliphatic carbocycles. The average Bonchev–Trinajstić information content (AvgIpc) is 1.99. The highest BCUT2D eigenvalue weighted by atomic mass is 79.9. The van der Waals surface area contributed by atoms with Crippen molar-refractivity contribution in [3.05, 3.63) is 0 Å². The molecule has 1 atom stereocenters. The van der Waals surface area contributed by atoms with Crippen LogP contribution in [0.25, 0.3) is 0 Å². The molecule has 0 saturated carbocycles. The van der Waals surface area contributed by atoms with Crippen molar-refractivity contribution in [1.82, 2.24) is 0 Å². The maximum Gasteiger partial charge on any atom is 0.348 e. The Labute approximate surface area is 92.9 Å². The summed E-state index contributed by atoms with van der Waals surface area (Å²) in [5.74, 6) is -0.757. The fourth-order valence-corrected chi connectivity index (χ4v) is 0.927. The normalized spacial score (nSPS) is 16.1. The van der Waals surface area contributed by atoms with Crippen molar-refractivity contribution in [3.8, 4) is 0 Å². The van der Waals surface area contributed by atoms with Gasteiger partial charge in [-0.25, -0.2) is 4.39 Å². The second-order valence-electron chi connectivity index (χ2n) is 2.51. The van der Waals surface area contributed by atoms with Crippen molar-refractivity contribution in [3.63, 3.8) is 0 Å². The van der Waals surface area contributed by atoms with Gasteiger partial charge < -0.3 is 4.74 Å². The van der Waals surface area contributed by atoms with E-state index >= 15 is 0 Å². The molecule has 0 saturated heterocycles. The van der Waals surface area contributed by atoms with Gasteiger partial charge in [-0.05, 0) is 22.9 Å². The minimum atomic E-state index is -3.87. The maximum atomic E-state index is 13.0. The number of carbonyl (C=O) groups excluding carboxylic acids is 1. The summed E-state index contributed by atoms with van der Waals surface area (Å²) in [7, 11) is 0. The zero-order valence-corrected chi connectivity index (χ0v) is 9.67. The number of alkyl halides is 5. The predicted octanol–water partition coefficient (Wildman–Crippen LogP) is 3.22. The Morgan fingerprint density at radius 1 is 1.50 bits per heavy atom. The summed E-state index contributed by atoms with van der Waals surface area (Å²) in [5.41, 5.74) is 0. The van der Waals surface area contributed by atoms with Crippen molar-refractivity contribution in [2.45, 2.75) is 29.7 Å². The van der Waals surface area contributed by atoms with Crippen LogP contribution in [-0.2, 0) is 9.53 Å². The zero-order chi connectivity index (χ0) is 11.4. The number of hydrogen-bond donors (Lipinski definition) is 0. The van der Waals surface area contributed by atoms with E-state index < -0.39 is 28.8 Å². The van der Waals surface area contributed by atoms with Crippen LogP contribution in [0.3, 0.4) is 0 Å². The van der Waals surface area contributed by atoms with Gasteiger partial charge in [-0.3, -0.25) is 4.79 Å². The fraction of sp³-hybridized carbons (Fsp3) is 0.857. The van der Waals surface area contributed by atoms with Crippen LogP contribution in [0.4, 0.5) is 13.2 Å². The molecule has 0 aromatic heterocycles. The van der Waals surface area contributed by atoms with Gasteiger partial charge in [0.05, 0.1) is 13.0 Å². The van der Waals surface area contributed by atoms with Crippen molar-refractivity contribution in [2.75, 3.05) is 6.61 Å². The van der Waals surface area contributed by atoms with Gasteiger partial charge in [0.2, 0.25) is 0 Å². The molecule has 0 aromatic rings. The Morgan fingerprint density at radius 2 is 2.00 bits per heavy atom. The highest BCUT2D eigenvalue weighted by Crippen LogP contribution is 2.44. The quantitative estimate of drug-likeness (QED) is 0.575. The van der Waals surface area contributed by atoms with E-state index in [2.05, 4.69) is 4.74 Å². The summed E-state index contributed by atoms with van der Waals surface area (Å²) in [6, 6.07) is 0. The first-order valence-corrected chi connectivity index (χ1v) is 4.98. The predicted molar refractivity (Wildman–Crippen MR) is 49.4 cm³/mol. The van der Waals surface area contributed by atoms with Crippen molar-refractivity contribution >= 4 is 33.5 Å². The summed E-state index contributed by atoms with van der Waals surface area (Å²) in [5, 5.41) is -3.28. The lowest BCUT2D eigenvalue weighted by Gasteiger charge is -2.22. The smallest absolute Gasteiger partial charge is 0.348 e. The maximum absolute atomic E-state index is 13.0. The summed E-state index contributed by atoms with van der Waals surface area (Å²) in [6.45, 7) is 1.67. The number of esters is 1. The van der Waals surface area contributed by atoms with E-state index in [0.717, 1.165) is 0 Å². The number of rotatable bonds is 5. The number of ether oxygens (including phenoxy) is 1. The Hall–Kier alpha value is 0.0300. The summed E-state index contributed by atoms with van der Waals surface area (Å²) in [4.78, 5) is 6.84. The Morgan fingerprint density at radius 3 is 2.36 bits per heavy atom. The van der Waals surface area contributed by atoms with E-state index in [-0.39, 0.29) is 6.61 Å². The van der Waals surface area contributed by atoms with Gasteiger partial charge in [-0.2, -0.15) is 8.78 Å². The lowest BCUT2D eigenvalue weighted by atomic mass is 10.2. The van der Waals surface area contributed by atoms with Gasteiger partial charge in [-0.1, -0.05) is 11.6 Å². The first-order valence-electron chi connectivity index (χ1n) is 3.81. The van der Waals surface area contributed by atoms with E-state index in [1.807, 2.05) is 0 Å². The van der Waals surface area contributed by atoms with Crippen LogP contribution in [0.15, 0.2) is 0 Å². The van der Waals surface area contributed by atoms with Crippen molar-refractivity contribution in [1.29, 1.82) is 0 Å². The van der Waals surface area contributed by atoms with Crippen LogP contribution in [0.2, 0.25) is 0 Å². The Kier molecular flexibility index (Phi) is 5.22. The van der Waals surface area contributed by atoms with Crippen molar-refractivity contribution in [2.24, 2.45) is 0 Å². The minimum Gasteiger partial charge on any atom is -0.466 e. The molecule has 0 heterocycles. The standard InChI is InChI=1S/C7H9BrClF3O2/c1-2-14-5(13)3-4-6(9,10)7(8,11)12/h2-4H2,1H3. The first-order chi connectivity index (χ1) is 6.20. The second-order valence-corrected chi connectivity index (χ2v) is 4.10. The van der Waals surface area contributed by atoms with Gasteiger partial charge in [0.1, 0.15) is 0 Å². The molecule has 14 heavy (non-hydrogen) atoms. The van der Waals surface area contributed by atoms with Crippen LogP contribution in [0.1, 0.15) is 19.8 Å². The molecule has 0 amide bonds. The topological polar surface area (TPSA) is 26.3 Å². The van der Waals surface area contributed by atoms with Gasteiger partial charge >= 0.3 is 10.8 Å². The van der Waals surface area contributed by atoms with Crippen LogP contribution < -0.4 is 0 Å². The third-order valence-electron chi connectivity index (χ3n) is 1.36. The molecule has 84 valence electrons. The second kappa shape index (κ2) is 5.21. The molecule has 0 aliphatic rings. The molecule has 2 nitrogen and oxygen atoms in total. The van der Waals surface area contributed by atoms with Crippen LogP contribution in [-0.4, -0.2) is 22.5 Å². The summed E-state index contributed by atoms with van der Waals surface area (Å²) >= 11 is 6.68.